The van der Waals surface area contributed by atoms with Gasteiger partial charge in [0, 0.05) is 24.5 Å². The summed E-state index contributed by atoms with van der Waals surface area (Å²) in [5.74, 6) is 3.05. The van der Waals surface area contributed by atoms with Crippen molar-refractivity contribution < 1.29 is 9.57 Å². The first kappa shape index (κ1) is 17.5. The lowest BCUT2D eigenvalue weighted by molar-refractivity contribution is -0.150. The Bertz CT molecular complexity index is 851. The van der Waals surface area contributed by atoms with E-state index in [2.05, 4.69) is 15.4 Å². The van der Waals surface area contributed by atoms with Gasteiger partial charge in [-0.3, -0.25) is 10.3 Å². The molecule has 4 aliphatic heterocycles. The summed E-state index contributed by atoms with van der Waals surface area (Å²) < 4.78 is 5.31. The summed E-state index contributed by atoms with van der Waals surface area (Å²) in [6, 6.07) is 7.96. The van der Waals surface area contributed by atoms with Gasteiger partial charge in [0.1, 0.15) is 17.2 Å². The number of methoxy groups -OCH3 is 1. The fourth-order valence-corrected chi connectivity index (χ4v) is 4.45. The number of hydroxylamine groups is 1. The highest BCUT2D eigenvalue weighted by atomic mass is 35.5. The predicted octanol–water partition coefficient (Wildman–Crippen LogP) is 3.08. The van der Waals surface area contributed by atoms with E-state index in [1.165, 1.54) is 25.9 Å². The fourth-order valence-electron chi connectivity index (χ4n) is 4.45. The summed E-state index contributed by atoms with van der Waals surface area (Å²) in [5, 5.41) is 2.15. The van der Waals surface area contributed by atoms with E-state index in [0.717, 1.165) is 35.3 Å². The molecule has 0 aliphatic carbocycles. The number of pyridine rings is 1. The maximum absolute atomic E-state index is 6.05. The predicted molar refractivity (Wildman–Crippen MR) is 103 cm³/mol. The summed E-state index contributed by atoms with van der Waals surface area (Å²) in [4.78, 5) is 17.7. The molecule has 1 aromatic carbocycles. The summed E-state index contributed by atoms with van der Waals surface area (Å²) >= 11 is 0. The van der Waals surface area contributed by atoms with Crippen LogP contribution in [0.15, 0.2) is 35.5 Å². The van der Waals surface area contributed by atoms with Gasteiger partial charge in [-0.2, -0.15) is 0 Å². The van der Waals surface area contributed by atoms with Crippen LogP contribution in [0.5, 0.6) is 5.75 Å². The van der Waals surface area contributed by atoms with Crippen LogP contribution in [0.1, 0.15) is 19.3 Å². The van der Waals surface area contributed by atoms with Crippen LogP contribution in [0.2, 0.25) is 0 Å². The van der Waals surface area contributed by atoms with Crippen LogP contribution in [0.4, 0.5) is 5.82 Å². The number of halogens is 1. The maximum atomic E-state index is 6.05. The van der Waals surface area contributed by atoms with Crippen LogP contribution >= 0.6 is 12.4 Å². The van der Waals surface area contributed by atoms with Crippen LogP contribution in [-0.4, -0.2) is 48.1 Å². The van der Waals surface area contributed by atoms with Crippen LogP contribution < -0.4 is 10.2 Å². The van der Waals surface area contributed by atoms with Crippen LogP contribution in [0.25, 0.3) is 10.8 Å². The minimum absolute atomic E-state index is 0. The van der Waals surface area contributed by atoms with E-state index >= 15 is 0 Å². The molecule has 1 atom stereocenters. The number of amidine groups is 1. The highest BCUT2D eigenvalue weighted by Crippen LogP contribution is 2.42. The van der Waals surface area contributed by atoms with Crippen LogP contribution in [0.3, 0.4) is 0 Å². The van der Waals surface area contributed by atoms with E-state index in [1.54, 1.807) is 7.11 Å². The molecule has 4 fully saturated rings. The third-order valence-electron chi connectivity index (χ3n) is 5.83. The minimum Gasteiger partial charge on any atom is -0.497 e. The highest BCUT2D eigenvalue weighted by molar-refractivity contribution is 5.89. The van der Waals surface area contributed by atoms with E-state index in [-0.39, 0.29) is 18.0 Å². The van der Waals surface area contributed by atoms with Crippen molar-refractivity contribution in [3.63, 3.8) is 0 Å². The van der Waals surface area contributed by atoms with Gasteiger partial charge in [-0.05, 0) is 61.5 Å². The topological polar surface area (TPSA) is 59.0 Å². The van der Waals surface area contributed by atoms with Crippen LogP contribution in [0, 0.1) is 5.92 Å². The molecule has 6 nitrogen and oxygen atoms in total. The first-order chi connectivity index (χ1) is 12.2. The lowest BCUT2D eigenvalue weighted by Crippen LogP contribution is -2.59. The highest BCUT2D eigenvalue weighted by Gasteiger charge is 2.52. The quantitative estimate of drug-likeness (QED) is 0.875. The van der Waals surface area contributed by atoms with Gasteiger partial charge < -0.3 is 9.64 Å². The SMILES string of the molecule is COc1ccc2cnc(N=C3C[C@@]4(CN5CCC4CC5)ON3)cc2c1.Cl. The Hall–Kier alpha value is -1.89. The molecule has 1 N–H and O–H groups in total. The Morgan fingerprint density at radius 1 is 1.27 bits per heavy atom. The maximum Gasteiger partial charge on any atom is 0.154 e. The van der Waals surface area contributed by atoms with Crippen molar-refractivity contribution in [1.82, 2.24) is 15.4 Å². The second-order valence-electron chi connectivity index (χ2n) is 7.31. The molecule has 1 aromatic heterocycles. The zero-order valence-electron chi connectivity index (χ0n) is 14.8. The van der Waals surface area contributed by atoms with Gasteiger partial charge in [-0.25, -0.2) is 9.98 Å². The Morgan fingerprint density at radius 2 is 2.12 bits per heavy atom. The van der Waals surface area contributed by atoms with Crippen molar-refractivity contribution in [2.45, 2.75) is 24.9 Å². The van der Waals surface area contributed by atoms with E-state index in [0.29, 0.717) is 11.7 Å². The zero-order valence-corrected chi connectivity index (χ0v) is 15.6. The normalized spacial score (nSPS) is 31.2. The summed E-state index contributed by atoms with van der Waals surface area (Å²) in [7, 11) is 1.68. The largest absolute Gasteiger partial charge is 0.497 e. The molecule has 26 heavy (non-hydrogen) atoms. The zero-order chi connectivity index (χ0) is 16.9. The Labute approximate surface area is 159 Å². The third-order valence-corrected chi connectivity index (χ3v) is 5.83. The van der Waals surface area contributed by atoms with Crippen molar-refractivity contribution in [3.8, 4) is 5.75 Å². The molecule has 5 heterocycles. The summed E-state index contributed by atoms with van der Waals surface area (Å²) in [6.45, 7) is 3.42. The molecule has 7 heteroatoms. The molecule has 0 radical (unpaired) electrons. The molecule has 6 rings (SSSR count). The minimum atomic E-state index is -0.102. The lowest BCUT2D eigenvalue weighted by atomic mass is 9.74. The smallest absolute Gasteiger partial charge is 0.154 e. The number of benzene rings is 1. The number of fused-ring (bicyclic) bond motifs is 3. The average Bonchev–Trinajstić information content (AvgIpc) is 3.04. The van der Waals surface area contributed by atoms with Gasteiger partial charge in [0.25, 0.3) is 0 Å². The van der Waals surface area contributed by atoms with Crippen molar-refractivity contribution in [2.75, 3.05) is 26.7 Å². The van der Waals surface area contributed by atoms with Gasteiger partial charge >= 0.3 is 0 Å². The van der Waals surface area contributed by atoms with Gasteiger partial charge in [0.05, 0.1) is 7.11 Å². The van der Waals surface area contributed by atoms with E-state index in [1.807, 2.05) is 30.5 Å². The standard InChI is InChI=1S/C19H22N4O2.ClH/c1-24-16-3-2-13-11-20-17(9-14(13)8-16)21-18-10-19(25-22-18)12-23-6-4-15(19)5-7-23;/h2-3,8-9,11,15H,4-7,10,12H2,1H3,(H,20,21,22);1H/t19-;/m0./s1. The number of hydrogen-bond acceptors (Lipinski definition) is 5. The number of nitrogens with one attached hydrogen (secondary N) is 1. The van der Waals surface area contributed by atoms with Crippen molar-refractivity contribution in [2.24, 2.45) is 10.9 Å². The number of aromatic nitrogens is 1. The molecular weight excluding hydrogens is 352 g/mol. The molecule has 2 bridgehead atoms. The third kappa shape index (κ3) is 2.92. The Morgan fingerprint density at radius 3 is 2.85 bits per heavy atom. The van der Waals surface area contributed by atoms with Crippen molar-refractivity contribution in [1.29, 1.82) is 0 Å². The second-order valence-corrected chi connectivity index (χ2v) is 7.31. The second kappa shape index (κ2) is 6.68. The van der Waals surface area contributed by atoms with Gasteiger partial charge in [-0.1, -0.05) is 0 Å². The van der Waals surface area contributed by atoms with Gasteiger partial charge in [0.2, 0.25) is 0 Å². The molecule has 1 spiro atoms. The van der Waals surface area contributed by atoms with E-state index in [9.17, 15) is 0 Å². The van der Waals surface area contributed by atoms with Crippen LogP contribution in [-0.2, 0) is 4.84 Å². The fraction of sp³-hybridized carbons (Fsp3) is 0.474. The Balaban J connectivity index is 0.00000168. The molecule has 0 unspecified atom stereocenters. The van der Waals surface area contributed by atoms with Gasteiger partial charge in [-0.15, -0.1) is 12.4 Å². The molecule has 2 aromatic rings. The molecule has 4 aliphatic rings. The lowest BCUT2D eigenvalue weighted by Gasteiger charge is -2.49. The number of nitrogens with zero attached hydrogens (tertiary/aromatic N) is 3. The first-order valence-corrected chi connectivity index (χ1v) is 8.92. The molecule has 138 valence electrons. The molecular formula is C19H23ClN4O2. The Kier molecular flexibility index (Phi) is 4.50. The molecule has 0 amide bonds. The van der Waals surface area contributed by atoms with Gasteiger partial charge in [0.15, 0.2) is 5.82 Å². The number of hydrogen-bond donors (Lipinski definition) is 1. The number of piperidine rings is 3. The monoisotopic (exact) mass is 374 g/mol. The van der Waals surface area contributed by atoms with Crippen molar-refractivity contribution >= 4 is 34.8 Å². The summed E-state index contributed by atoms with van der Waals surface area (Å²) in [6.07, 6.45) is 5.14. The molecule has 4 saturated heterocycles. The summed E-state index contributed by atoms with van der Waals surface area (Å²) in [5.41, 5.74) is 2.98. The number of rotatable bonds is 2. The average molecular weight is 375 g/mol. The number of ether oxygens (including phenoxy) is 1. The van der Waals surface area contributed by atoms with E-state index < -0.39 is 0 Å². The number of aliphatic imine (C=N–C) groups is 1. The molecule has 0 saturated carbocycles. The van der Waals surface area contributed by atoms with E-state index in [4.69, 9.17) is 14.6 Å². The first-order valence-electron chi connectivity index (χ1n) is 8.92. The van der Waals surface area contributed by atoms with Crippen molar-refractivity contribution in [3.05, 3.63) is 30.5 Å².